The first-order valence-electron chi connectivity index (χ1n) is 9.53. The molecule has 3 rings (SSSR count). The zero-order valence-electron chi connectivity index (χ0n) is 17.1. The van der Waals surface area contributed by atoms with E-state index < -0.39 is 5.91 Å². The van der Waals surface area contributed by atoms with Crippen LogP contribution in [0.5, 0.6) is 5.75 Å². The largest absolute Gasteiger partial charge is 0.487 e. The van der Waals surface area contributed by atoms with Crippen LogP contribution in [-0.4, -0.2) is 5.91 Å². The number of hydrogen-bond acceptors (Lipinski definition) is 3. The lowest BCUT2D eigenvalue weighted by Crippen LogP contribution is -2.14. The average Bonchev–Trinajstić information content (AvgIpc) is 2.73. The van der Waals surface area contributed by atoms with E-state index in [9.17, 15) is 14.4 Å². The number of ether oxygens (including phenoxy) is 1. The van der Waals surface area contributed by atoms with Crippen LogP contribution in [-0.2, 0) is 11.4 Å². The van der Waals surface area contributed by atoms with E-state index in [1.165, 1.54) is 18.2 Å². The molecule has 0 unspecified atom stereocenters. The van der Waals surface area contributed by atoms with Crippen LogP contribution in [0.15, 0.2) is 66.2 Å². The van der Waals surface area contributed by atoms with E-state index in [0.29, 0.717) is 27.6 Å². The Bertz CT molecular complexity index is 1200. The van der Waals surface area contributed by atoms with Gasteiger partial charge in [-0.25, -0.2) is 4.39 Å². The molecule has 3 aromatic carbocycles. The predicted octanol–water partition coefficient (Wildman–Crippen LogP) is 6.22. The van der Waals surface area contributed by atoms with Gasteiger partial charge in [0.25, 0.3) is 5.91 Å². The molecule has 31 heavy (non-hydrogen) atoms. The third kappa shape index (κ3) is 5.94. The Hall–Kier alpha value is -3.62. The molecule has 0 fully saturated rings. The Morgan fingerprint density at radius 2 is 1.97 bits per heavy atom. The van der Waals surface area contributed by atoms with Gasteiger partial charge >= 0.3 is 0 Å². The van der Waals surface area contributed by atoms with Gasteiger partial charge in [-0.05, 0) is 66.9 Å². The summed E-state index contributed by atoms with van der Waals surface area (Å²) in [6.07, 6.45) is 1.46. The lowest BCUT2D eigenvalue weighted by atomic mass is 10.1. The van der Waals surface area contributed by atoms with E-state index >= 15 is 0 Å². The van der Waals surface area contributed by atoms with Crippen LogP contribution >= 0.6 is 11.6 Å². The van der Waals surface area contributed by atoms with Gasteiger partial charge in [0.1, 0.15) is 29.8 Å². The van der Waals surface area contributed by atoms with Gasteiger partial charge in [0.2, 0.25) is 0 Å². The van der Waals surface area contributed by atoms with Crippen LogP contribution in [0.25, 0.3) is 6.08 Å². The fourth-order valence-electron chi connectivity index (χ4n) is 2.97. The third-order valence-corrected chi connectivity index (χ3v) is 4.84. The maximum Gasteiger partial charge on any atom is 0.266 e. The van der Waals surface area contributed by atoms with Crippen molar-refractivity contribution in [1.82, 2.24) is 0 Å². The van der Waals surface area contributed by atoms with Crippen LogP contribution in [0.4, 0.5) is 10.1 Å². The number of rotatable bonds is 6. The molecule has 0 bridgehead atoms. The van der Waals surface area contributed by atoms with E-state index in [2.05, 4.69) is 5.32 Å². The molecule has 0 spiro atoms. The summed E-state index contributed by atoms with van der Waals surface area (Å²) in [5.74, 6) is -0.422. The number of aryl methyl sites for hydroxylation is 2. The number of nitrogens with one attached hydrogen (secondary N) is 1. The van der Waals surface area contributed by atoms with Crippen molar-refractivity contribution in [3.63, 3.8) is 0 Å². The smallest absolute Gasteiger partial charge is 0.266 e. The summed E-state index contributed by atoms with van der Waals surface area (Å²) in [6.45, 7) is 4.02. The highest BCUT2D eigenvalue weighted by atomic mass is 35.5. The van der Waals surface area contributed by atoms with Crippen molar-refractivity contribution < 1.29 is 13.9 Å². The molecule has 4 nitrogen and oxygen atoms in total. The molecule has 6 heteroatoms. The maximum atomic E-state index is 13.3. The molecule has 0 aliphatic rings. The number of nitriles is 1. The van der Waals surface area contributed by atoms with Crippen LogP contribution in [0, 0.1) is 31.0 Å². The standard InChI is InChI=1S/C25H20ClFN2O2/c1-16-6-8-23(17(2)10-16)29-25(30)20(14-28)11-18-7-9-24(22(26)13-18)31-15-19-4-3-5-21(27)12-19/h3-13H,15H2,1-2H3,(H,29,30)/b20-11+. The van der Waals surface area contributed by atoms with E-state index in [1.807, 2.05) is 32.0 Å². The topological polar surface area (TPSA) is 62.1 Å². The number of anilines is 1. The molecule has 0 heterocycles. The van der Waals surface area contributed by atoms with E-state index in [-0.39, 0.29) is 18.0 Å². The fourth-order valence-corrected chi connectivity index (χ4v) is 3.21. The normalized spacial score (nSPS) is 11.0. The summed E-state index contributed by atoms with van der Waals surface area (Å²) in [5, 5.41) is 12.5. The van der Waals surface area contributed by atoms with Crippen LogP contribution in [0.2, 0.25) is 5.02 Å². The fraction of sp³-hybridized carbons (Fsp3) is 0.120. The Labute approximate surface area is 185 Å². The molecule has 0 aliphatic carbocycles. The van der Waals surface area contributed by atoms with E-state index in [4.69, 9.17) is 16.3 Å². The van der Waals surface area contributed by atoms with Crippen molar-refractivity contribution in [2.24, 2.45) is 0 Å². The Balaban J connectivity index is 1.72. The predicted molar refractivity (Wildman–Crippen MR) is 120 cm³/mol. The van der Waals surface area contributed by atoms with Gasteiger partial charge in [0.15, 0.2) is 0 Å². The number of nitrogens with zero attached hydrogens (tertiary/aromatic N) is 1. The average molecular weight is 435 g/mol. The minimum absolute atomic E-state index is 0.0514. The molecule has 0 saturated carbocycles. The zero-order chi connectivity index (χ0) is 22.4. The Morgan fingerprint density at radius 3 is 2.65 bits per heavy atom. The van der Waals surface area contributed by atoms with Gasteiger partial charge in [-0.15, -0.1) is 0 Å². The summed E-state index contributed by atoms with van der Waals surface area (Å²) in [6, 6.07) is 18.6. The van der Waals surface area contributed by atoms with Gasteiger partial charge in [-0.2, -0.15) is 5.26 Å². The van der Waals surface area contributed by atoms with Gasteiger partial charge in [-0.3, -0.25) is 4.79 Å². The third-order valence-electron chi connectivity index (χ3n) is 4.55. The minimum Gasteiger partial charge on any atom is -0.487 e. The van der Waals surface area contributed by atoms with Crippen molar-refractivity contribution in [2.45, 2.75) is 20.5 Å². The molecule has 0 saturated heterocycles. The first kappa shape index (κ1) is 22.1. The quantitative estimate of drug-likeness (QED) is 0.370. The second-order valence-electron chi connectivity index (χ2n) is 7.05. The Morgan fingerprint density at radius 1 is 1.16 bits per heavy atom. The number of hydrogen-bond donors (Lipinski definition) is 1. The van der Waals surface area contributed by atoms with Crippen LogP contribution < -0.4 is 10.1 Å². The summed E-state index contributed by atoms with van der Waals surface area (Å²) < 4.78 is 18.9. The van der Waals surface area contributed by atoms with Crippen LogP contribution in [0.3, 0.4) is 0 Å². The SMILES string of the molecule is Cc1ccc(NC(=O)/C(C#N)=C/c2ccc(OCc3cccc(F)c3)c(Cl)c2)c(C)c1. The lowest BCUT2D eigenvalue weighted by Gasteiger charge is -2.10. The van der Waals surface area contributed by atoms with Crippen molar-refractivity contribution in [2.75, 3.05) is 5.32 Å². The molecule has 156 valence electrons. The summed E-state index contributed by atoms with van der Waals surface area (Å²) in [7, 11) is 0. The first-order valence-corrected chi connectivity index (χ1v) is 9.90. The highest BCUT2D eigenvalue weighted by Gasteiger charge is 2.12. The van der Waals surface area contributed by atoms with Crippen LogP contribution in [0.1, 0.15) is 22.3 Å². The molecular weight excluding hydrogens is 415 g/mol. The molecule has 1 amide bonds. The van der Waals surface area contributed by atoms with E-state index in [0.717, 1.165) is 11.1 Å². The summed E-state index contributed by atoms with van der Waals surface area (Å²) >= 11 is 6.29. The number of carbonyl (C=O) groups is 1. The highest BCUT2D eigenvalue weighted by molar-refractivity contribution is 6.32. The summed E-state index contributed by atoms with van der Waals surface area (Å²) in [5.41, 5.74) is 3.85. The van der Waals surface area contributed by atoms with Gasteiger partial charge in [0, 0.05) is 5.69 Å². The monoisotopic (exact) mass is 434 g/mol. The van der Waals surface area contributed by atoms with Crippen molar-refractivity contribution >= 4 is 29.3 Å². The molecule has 0 aromatic heterocycles. The minimum atomic E-state index is -0.503. The number of carbonyl (C=O) groups excluding carboxylic acids is 1. The first-order chi connectivity index (χ1) is 14.9. The van der Waals surface area contributed by atoms with Gasteiger partial charge in [-0.1, -0.05) is 47.5 Å². The molecule has 0 aliphatic heterocycles. The molecule has 0 atom stereocenters. The molecule has 3 aromatic rings. The van der Waals surface area contributed by atoms with Crippen molar-refractivity contribution in [3.05, 3.63) is 99.3 Å². The molecule has 1 N–H and O–H groups in total. The number of benzene rings is 3. The number of halogens is 2. The second kappa shape index (κ2) is 9.92. The van der Waals surface area contributed by atoms with Gasteiger partial charge in [0.05, 0.1) is 5.02 Å². The number of amides is 1. The van der Waals surface area contributed by atoms with Crippen molar-refractivity contribution in [1.29, 1.82) is 5.26 Å². The molecule has 0 radical (unpaired) electrons. The maximum absolute atomic E-state index is 13.3. The highest BCUT2D eigenvalue weighted by Crippen LogP contribution is 2.27. The zero-order valence-corrected chi connectivity index (χ0v) is 17.8. The van der Waals surface area contributed by atoms with E-state index in [1.54, 1.807) is 36.4 Å². The second-order valence-corrected chi connectivity index (χ2v) is 7.46. The van der Waals surface area contributed by atoms with Gasteiger partial charge < -0.3 is 10.1 Å². The lowest BCUT2D eigenvalue weighted by molar-refractivity contribution is -0.112. The van der Waals surface area contributed by atoms with Crippen molar-refractivity contribution in [3.8, 4) is 11.8 Å². The summed E-state index contributed by atoms with van der Waals surface area (Å²) in [4.78, 5) is 12.5. The molecular formula is C25H20ClFN2O2. The Kier molecular flexibility index (Phi) is 7.07.